The largest absolute Gasteiger partial charge is 0.392 e. The minimum Gasteiger partial charge on any atom is -0.392 e. The molecule has 0 fully saturated rings. The molecule has 0 saturated carbocycles. The molecule has 1 unspecified atom stereocenters. The van der Waals surface area contributed by atoms with Gasteiger partial charge in [0.25, 0.3) is 5.69 Å². The molecule has 78 valence electrons. The van der Waals surface area contributed by atoms with Gasteiger partial charge in [-0.1, -0.05) is 5.16 Å². The van der Waals surface area contributed by atoms with Crippen molar-refractivity contribution < 1.29 is 9.76 Å². The van der Waals surface area contributed by atoms with Gasteiger partial charge in [0.05, 0.1) is 10.6 Å². The van der Waals surface area contributed by atoms with E-state index in [9.17, 15) is 10.1 Å². The van der Waals surface area contributed by atoms with Gasteiger partial charge in [0.15, 0.2) is 0 Å². The van der Waals surface area contributed by atoms with Gasteiger partial charge in [-0.2, -0.15) is 0 Å². The Morgan fingerprint density at radius 3 is 2.60 bits per heavy atom. The highest BCUT2D eigenvalue weighted by atomic mass is 16.6. The fraction of sp³-hybridized carbons (Fsp3) is 0.300. The fourth-order valence-corrected chi connectivity index (χ4v) is 1.45. The van der Waals surface area contributed by atoms with Gasteiger partial charge in [-0.25, -0.2) is 0 Å². The molecule has 0 N–H and O–H groups in total. The number of hydrogen-bond donors (Lipinski definition) is 0. The van der Waals surface area contributed by atoms with E-state index in [0.717, 1.165) is 17.7 Å². The van der Waals surface area contributed by atoms with Crippen LogP contribution in [0, 0.1) is 10.1 Å². The van der Waals surface area contributed by atoms with E-state index in [1.807, 2.05) is 6.92 Å². The molecule has 1 atom stereocenters. The highest BCUT2D eigenvalue weighted by Gasteiger charge is 2.18. The highest BCUT2D eigenvalue weighted by Crippen LogP contribution is 2.18. The molecule has 1 aliphatic heterocycles. The number of nitrogens with zero attached hydrogens (tertiary/aromatic N) is 2. The molecule has 1 aromatic carbocycles. The average molecular weight is 206 g/mol. The maximum Gasteiger partial charge on any atom is 0.269 e. The third-order valence-electron chi connectivity index (χ3n) is 2.23. The Balaban J connectivity index is 2.21. The first kappa shape index (κ1) is 9.64. The van der Waals surface area contributed by atoms with Crippen LogP contribution in [0.2, 0.25) is 0 Å². The van der Waals surface area contributed by atoms with Gasteiger partial charge in [-0.3, -0.25) is 10.1 Å². The molecule has 0 aromatic heterocycles. The second-order valence-corrected chi connectivity index (χ2v) is 3.46. The summed E-state index contributed by atoms with van der Waals surface area (Å²) < 4.78 is 0. The van der Waals surface area contributed by atoms with Crippen LogP contribution in [0.1, 0.15) is 18.9 Å². The third kappa shape index (κ3) is 1.96. The molecule has 0 bridgehead atoms. The van der Waals surface area contributed by atoms with Crippen molar-refractivity contribution in [2.45, 2.75) is 19.4 Å². The number of nitro groups is 1. The van der Waals surface area contributed by atoms with Crippen LogP contribution in [0.3, 0.4) is 0 Å². The van der Waals surface area contributed by atoms with Gasteiger partial charge in [0.2, 0.25) is 0 Å². The van der Waals surface area contributed by atoms with Crippen LogP contribution in [0.4, 0.5) is 5.69 Å². The summed E-state index contributed by atoms with van der Waals surface area (Å²) in [5, 5.41) is 14.3. The Hall–Kier alpha value is -1.91. The summed E-state index contributed by atoms with van der Waals surface area (Å²) in [7, 11) is 0. The normalized spacial score (nSPS) is 19.5. The third-order valence-corrected chi connectivity index (χ3v) is 2.23. The Morgan fingerprint density at radius 1 is 1.47 bits per heavy atom. The van der Waals surface area contributed by atoms with Crippen LogP contribution in [-0.4, -0.2) is 16.7 Å². The molecule has 0 radical (unpaired) electrons. The zero-order chi connectivity index (χ0) is 10.8. The Kier molecular flexibility index (Phi) is 2.37. The summed E-state index contributed by atoms with van der Waals surface area (Å²) in [5.74, 6) is 0. The smallest absolute Gasteiger partial charge is 0.269 e. The summed E-state index contributed by atoms with van der Waals surface area (Å²) in [4.78, 5) is 15.1. The quantitative estimate of drug-likeness (QED) is 0.549. The van der Waals surface area contributed by atoms with Crippen LogP contribution in [0.5, 0.6) is 0 Å². The van der Waals surface area contributed by atoms with Gasteiger partial charge in [-0.15, -0.1) is 0 Å². The first-order valence-corrected chi connectivity index (χ1v) is 4.64. The van der Waals surface area contributed by atoms with Crippen molar-refractivity contribution in [1.82, 2.24) is 0 Å². The molecule has 1 aliphatic rings. The molecule has 1 aromatic rings. The first-order valence-electron chi connectivity index (χ1n) is 4.64. The van der Waals surface area contributed by atoms with E-state index in [4.69, 9.17) is 4.84 Å². The van der Waals surface area contributed by atoms with Crippen LogP contribution < -0.4 is 0 Å². The summed E-state index contributed by atoms with van der Waals surface area (Å²) in [6.45, 7) is 1.93. The lowest BCUT2D eigenvalue weighted by Gasteiger charge is -1.98. The van der Waals surface area contributed by atoms with Gasteiger partial charge in [0.1, 0.15) is 6.10 Å². The number of benzene rings is 1. The molecule has 0 saturated heterocycles. The van der Waals surface area contributed by atoms with E-state index in [-0.39, 0.29) is 11.8 Å². The topological polar surface area (TPSA) is 64.7 Å². The van der Waals surface area contributed by atoms with Crippen molar-refractivity contribution in [3.05, 3.63) is 39.9 Å². The standard InChI is InChI=1S/C10H10N2O3/c1-7-6-10(11-15-7)8-2-4-9(5-3-8)12(13)14/h2-5,7H,6H2,1H3. The molecule has 0 spiro atoms. The van der Waals surface area contributed by atoms with Crippen molar-refractivity contribution in [2.24, 2.45) is 5.16 Å². The van der Waals surface area contributed by atoms with Gasteiger partial charge < -0.3 is 4.84 Å². The lowest BCUT2D eigenvalue weighted by atomic mass is 10.1. The van der Waals surface area contributed by atoms with Crippen molar-refractivity contribution in [3.8, 4) is 0 Å². The van der Waals surface area contributed by atoms with E-state index in [1.54, 1.807) is 12.1 Å². The zero-order valence-electron chi connectivity index (χ0n) is 8.21. The minimum atomic E-state index is -0.417. The predicted molar refractivity (Wildman–Crippen MR) is 54.8 cm³/mol. The van der Waals surface area contributed by atoms with Crippen molar-refractivity contribution in [2.75, 3.05) is 0 Å². The van der Waals surface area contributed by atoms with Crippen LogP contribution in [0.15, 0.2) is 29.4 Å². The van der Waals surface area contributed by atoms with Gasteiger partial charge >= 0.3 is 0 Å². The van der Waals surface area contributed by atoms with Crippen LogP contribution in [-0.2, 0) is 4.84 Å². The lowest BCUT2D eigenvalue weighted by Crippen LogP contribution is -2.03. The highest BCUT2D eigenvalue weighted by molar-refractivity contribution is 6.01. The molecule has 2 rings (SSSR count). The number of hydrogen-bond acceptors (Lipinski definition) is 4. The molecular weight excluding hydrogens is 196 g/mol. The van der Waals surface area contributed by atoms with Crippen LogP contribution >= 0.6 is 0 Å². The van der Waals surface area contributed by atoms with E-state index < -0.39 is 4.92 Å². The maximum atomic E-state index is 10.4. The SMILES string of the molecule is CC1CC(c2ccc([N+](=O)[O-])cc2)=NO1. The second kappa shape index (κ2) is 3.68. The minimum absolute atomic E-state index is 0.0892. The summed E-state index contributed by atoms with van der Waals surface area (Å²) in [6, 6.07) is 6.33. The fourth-order valence-electron chi connectivity index (χ4n) is 1.45. The summed E-state index contributed by atoms with van der Waals surface area (Å²) in [6.07, 6.45) is 0.841. The van der Waals surface area contributed by atoms with E-state index in [1.165, 1.54) is 12.1 Å². The first-order chi connectivity index (χ1) is 7.16. The Labute approximate surface area is 86.5 Å². The van der Waals surface area contributed by atoms with Crippen molar-refractivity contribution in [1.29, 1.82) is 0 Å². The van der Waals surface area contributed by atoms with Crippen LogP contribution in [0.25, 0.3) is 0 Å². The predicted octanol–water partition coefficient (Wildman–Crippen LogP) is 2.11. The van der Waals surface area contributed by atoms with E-state index in [2.05, 4.69) is 5.16 Å². The monoisotopic (exact) mass is 206 g/mol. The Morgan fingerprint density at radius 2 is 2.13 bits per heavy atom. The number of oxime groups is 1. The summed E-state index contributed by atoms with van der Waals surface area (Å²) >= 11 is 0. The second-order valence-electron chi connectivity index (χ2n) is 3.46. The van der Waals surface area contributed by atoms with Crippen molar-refractivity contribution >= 4 is 11.4 Å². The van der Waals surface area contributed by atoms with Gasteiger partial charge in [0, 0.05) is 18.6 Å². The van der Waals surface area contributed by atoms with Crippen molar-refractivity contribution in [3.63, 3.8) is 0 Å². The molecule has 5 heteroatoms. The van der Waals surface area contributed by atoms with E-state index >= 15 is 0 Å². The van der Waals surface area contributed by atoms with E-state index in [0.29, 0.717) is 0 Å². The summed E-state index contributed by atoms with van der Waals surface area (Å²) in [5.41, 5.74) is 1.81. The molecule has 5 nitrogen and oxygen atoms in total. The number of non-ortho nitro benzene ring substituents is 1. The number of rotatable bonds is 2. The molecule has 0 amide bonds. The average Bonchev–Trinajstić information content (AvgIpc) is 2.65. The Bertz CT molecular complexity index is 411. The van der Waals surface area contributed by atoms with Gasteiger partial charge in [-0.05, 0) is 24.6 Å². The number of nitro benzene ring substituents is 1. The molecule has 1 heterocycles. The maximum absolute atomic E-state index is 10.4. The molecule has 0 aliphatic carbocycles. The lowest BCUT2D eigenvalue weighted by molar-refractivity contribution is -0.384. The zero-order valence-corrected chi connectivity index (χ0v) is 8.21. The molecule has 15 heavy (non-hydrogen) atoms. The molecular formula is C10H10N2O3.